The molecule has 4 aliphatic carbocycles. The van der Waals surface area contributed by atoms with Crippen LogP contribution in [0.2, 0.25) is 0 Å². The number of hydrogen-bond donors (Lipinski definition) is 0. The second-order valence-electron chi connectivity index (χ2n) is 5.02. The Morgan fingerprint density at radius 2 is 0.783 bits per heavy atom. The molecule has 0 bridgehead atoms. The molecule has 2 fully saturated rings. The Balaban J connectivity index is 0.000000182. The van der Waals surface area contributed by atoms with E-state index >= 15 is 0 Å². The van der Waals surface area contributed by atoms with Crippen molar-refractivity contribution in [2.45, 2.75) is 12.8 Å². The predicted octanol–water partition coefficient (Wildman–Crippen LogP) is 5.21. The average molecular weight is 334 g/mol. The normalized spacial score (nSPS) is 22.5. The first-order chi connectivity index (χ1) is 10.8. The van der Waals surface area contributed by atoms with Gasteiger partial charge in [0.2, 0.25) is 0 Å². The Bertz CT molecular complexity index is 340. The van der Waals surface area contributed by atoms with Crippen molar-refractivity contribution in [1.82, 2.24) is 0 Å². The standard InChI is InChI=1S/2C9H7.C4H8.Ti/c2*1-2-5-9-7-3-6-8(9)4-1;1-3-4-2;/h2*1-7H;1-4H2;/q;;-2;+2. The second-order valence-corrected chi connectivity index (χ2v) is 5.02. The first kappa shape index (κ1) is 20.7. The third-order valence-electron chi connectivity index (χ3n) is 3.35. The topological polar surface area (TPSA) is 0 Å². The number of rotatable bonds is 1. The van der Waals surface area contributed by atoms with E-state index in [2.05, 4.69) is 101 Å². The molecule has 0 nitrogen and oxygen atoms in total. The van der Waals surface area contributed by atoms with E-state index in [0.717, 1.165) is 12.8 Å². The van der Waals surface area contributed by atoms with Gasteiger partial charge in [0.15, 0.2) is 0 Å². The van der Waals surface area contributed by atoms with Gasteiger partial charge in [0.05, 0.1) is 0 Å². The summed E-state index contributed by atoms with van der Waals surface area (Å²) in [5, 5.41) is 0. The van der Waals surface area contributed by atoms with Crippen molar-refractivity contribution < 1.29 is 21.7 Å². The molecule has 0 N–H and O–H groups in total. The van der Waals surface area contributed by atoms with Crippen LogP contribution in [0.25, 0.3) is 0 Å². The maximum atomic E-state index is 3.54. The van der Waals surface area contributed by atoms with Crippen LogP contribution in [0.4, 0.5) is 0 Å². The molecule has 0 aromatic heterocycles. The van der Waals surface area contributed by atoms with Crippen LogP contribution < -0.4 is 0 Å². The fourth-order valence-electron chi connectivity index (χ4n) is 2.14. The molecular weight excluding hydrogens is 312 g/mol. The van der Waals surface area contributed by atoms with Crippen molar-refractivity contribution in [3.05, 3.63) is 125 Å². The molecular formula is C22H22Ti. The Morgan fingerprint density at radius 3 is 1.00 bits per heavy atom. The second kappa shape index (κ2) is 12.1. The molecule has 0 aromatic rings. The molecule has 10 radical (unpaired) electrons. The van der Waals surface area contributed by atoms with E-state index in [1.165, 1.54) is 23.7 Å². The molecule has 1 heteroatoms. The van der Waals surface area contributed by atoms with Gasteiger partial charge in [-0.2, -0.15) is 0 Å². The van der Waals surface area contributed by atoms with E-state index in [1.807, 2.05) is 0 Å². The van der Waals surface area contributed by atoms with Crippen LogP contribution in [0.5, 0.6) is 0 Å². The van der Waals surface area contributed by atoms with Crippen LogP contribution in [0.15, 0.2) is 48.6 Å². The minimum absolute atomic E-state index is 0. The maximum absolute atomic E-state index is 3.54. The SMILES string of the molecule is [CH2-]CC[CH2-].[CH]1[CH][C]2C=CC=C[C]2[CH]1.[CH]1[CH][C]2C=CC=C[C]2[CH]1.[Ti+2]. The molecule has 4 aliphatic rings. The van der Waals surface area contributed by atoms with Gasteiger partial charge in [-0.1, -0.05) is 48.6 Å². The van der Waals surface area contributed by atoms with Gasteiger partial charge in [-0.3, -0.25) is 0 Å². The molecule has 0 unspecified atom stereocenters. The Morgan fingerprint density at radius 1 is 0.522 bits per heavy atom. The van der Waals surface area contributed by atoms with Gasteiger partial charge >= 0.3 is 21.7 Å². The smallest absolute Gasteiger partial charge is 0.346 e. The van der Waals surface area contributed by atoms with Crippen molar-refractivity contribution in [2.75, 3.05) is 0 Å². The van der Waals surface area contributed by atoms with E-state index < -0.39 is 0 Å². The number of unbranched alkanes of at least 4 members (excludes halogenated alkanes) is 1. The Hall–Kier alpha value is -0.326. The summed E-state index contributed by atoms with van der Waals surface area (Å²) in [5.41, 5.74) is 0. The fraction of sp³-hybridized carbons (Fsp3) is 0.0909. The summed E-state index contributed by atoms with van der Waals surface area (Å²) in [5.74, 6) is 5.32. The quantitative estimate of drug-likeness (QED) is 0.456. The van der Waals surface area contributed by atoms with Crippen LogP contribution in [0.1, 0.15) is 12.8 Å². The fourth-order valence-corrected chi connectivity index (χ4v) is 2.14. The van der Waals surface area contributed by atoms with E-state index in [1.54, 1.807) is 0 Å². The van der Waals surface area contributed by atoms with Crippen LogP contribution in [-0.2, 0) is 21.7 Å². The van der Waals surface area contributed by atoms with Gasteiger partial charge < -0.3 is 13.8 Å². The summed E-state index contributed by atoms with van der Waals surface area (Å²) in [7, 11) is 0. The summed E-state index contributed by atoms with van der Waals surface area (Å²) in [6.45, 7) is 7.08. The summed E-state index contributed by atoms with van der Waals surface area (Å²) < 4.78 is 0. The molecule has 4 rings (SSSR count). The predicted molar refractivity (Wildman–Crippen MR) is 95.3 cm³/mol. The number of fused-ring (bicyclic) bond motifs is 2. The summed E-state index contributed by atoms with van der Waals surface area (Å²) >= 11 is 0. The first-order valence-corrected chi connectivity index (χ1v) is 7.64. The van der Waals surface area contributed by atoms with Crippen molar-refractivity contribution in [1.29, 1.82) is 0 Å². The number of allylic oxidation sites excluding steroid dienone is 8. The molecule has 0 atom stereocenters. The third-order valence-corrected chi connectivity index (χ3v) is 3.35. The van der Waals surface area contributed by atoms with E-state index in [0.29, 0.717) is 0 Å². The molecule has 114 valence electrons. The Labute approximate surface area is 159 Å². The van der Waals surface area contributed by atoms with Gasteiger partial charge in [0.1, 0.15) is 0 Å². The van der Waals surface area contributed by atoms with Gasteiger partial charge in [-0.25, -0.2) is 12.8 Å². The van der Waals surface area contributed by atoms with Gasteiger partial charge in [0.25, 0.3) is 0 Å². The zero-order chi connectivity index (χ0) is 15.6. The van der Waals surface area contributed by atoms with Gasteiger partial charge in [0, 0.05) is 23.7 Å². The van der Waals surface area contributed by atoms with Crippen molar-refractivity contribution >= 4 is 0 Å². The molecule has 0 saturated heterocycles. The zero-order valence-electron chi connectivity index (χ0n) is 13.4. The molecule has 0 aromatic carbocycles. The molecule has 0 amide bonds. The minimum Gasteiger partial charge on any atom is -0.346 e. The van der Waals surface area contributed by atoms with E-state index in [-0.39, 0.29) is 21.7 Å². The van der Waals surface area contributed by atoms with Crippen LogP contribution in [-0.4, -0.2) is 0 Å². The maximum Gasteiger partial charge on any atom is 2.00 e. The largest absolute Gasteiger partial charge is 2.00 e. The molecule has 0 heterocycles. The van der Waals surface area contributed by atoms with Crippen molar-refractivity contribution in [3.8, 4) is 0 Å². The third kappa shape index (κ3) is 6.98. The summed E-state index contributed by atoms with van der Waals surface area (Å²) in [4.78, 5) is 0. The summed E-state index contributed by atoms with van der Waals surface area (Å²) in [6.07, 6.45) is 31.3. The van der Waals surface area contributed by atoms with E-state index in [4.69, 9.17) is 0 Å². The van der Waals surface area contributed by atoms with Crippen LogP contribution in [0, 0.1) is 76.0 Å². The molecule has 2 saturated carbocycles. The van der Waals surface area contributed by atoms with E-state index in [9.17, 15) is 0 Å². The first-order valence-electron chi connectivity index (χ1n) is 7.64. The van der Waals surface area contributed by atoms with Crippen LogP contribution in [0.3, 0.4) is 0 Å². The monoisotopic (exact) mass is 334 g/mol. The zero-order valence-corrected chi connectivity index (χ0v) is 15.0. The average Bonchev–Trinajstić information content (AvgIpc) is 3.24. The Kier molecular flexibility index (Phi) is 10.9. The van der Waals surface area contributed by atoms with Crippen molar-refractivity contribution in [3.63, 3.8) is 0 Å². The molecule has 23 heavy (non-hydrogen) atoms. The molecule has 0 spiro atoms. The molecule has 0 aliphatic heterocycles. The van der Waals surface area contributed by atoms with Crippen LogP contribution >= 0.6 is 0 Å². The number of hydrogen-bond acceptors (Lipinski definition) is 0. The van der Waals surface area contributed by atoms with Gasteiger partial charge in [-0.05, 0) is 38.5 Å². The summed E-state index contributed by atoms with van der Waals surface area (Å²) in [6, 6.07) is 0. The van der Waals surface area contributed by atoms with Crippen molar-refractivity contribution in [2.24, 2.45) is 0 Å². The minimum atomic E-state index is 0. The van der Waals surface area contributed by atoms with Gasteiger partial charge in [-0.15, -0.1) is 0 Å².